The molecule has 0 heterocycles. The molecule has 2 aromatic carbocycles. The quantitative estimate of drug-likeness (QED) is 0.889. The van der Waals surface area contributed by atoms with Crippen LogP contribution in [0.5, 0.6) is 5.75 Å². The first-order chi connectivity index (χ1) is 10.4. The summed E-state index contributed by atoms with van der Waals surface area (Å²) in [7, 11) is 0. The Kier molecular flexibility index (Phi) is 5.09. The molecular formula is C18H20ClNO2. The highest BCUT2D eigenvalue weighted by molar-refractivity contribution is 6.30. The lowest BCUT2D eigenvalue weighted by Gasteiger charge is -2.17. The van der Waals surface area contributed by atoms with Gasteiger partial charge in [-0.05, 0) is 63.1 Å². The summed E-state index contributed by atoms with van der Waals surface area (Å²) in [5.41, 5.74) is 3.90. The Balaban J connectivity index is 2.05. The molecule has 1 unspecified atom stereocenters. The van der Waals surface area contributed by atoms with E-state index in [1.54, 1.807) is 19.1 Å². The van der Waals surface area contributed by atoms with E-state index in [0.717, 1.165) is 22.4 Å². The molecule has 116 valence electrons. The molecule has 0 fully saturated rings. The number of rotatable bonds is 4. The van der Waals surface area contributed by atoms with Gasteiger partial charge in [-0.3, -0.25) is 4.79 Å². The number of carbonyl (C=O) groups excluding carboxylic acids is 1. The number of anilines is 1. The number of hydrogen-bond acceptors (Lipinski definition) is 2. The van der Waals surface area contributed by atoms with Crippen LogP contribution in [-0.2, 0) is 4.79 Å². The molecular weight excluding hydrogens is 298 g/mol. The SMILES string of the molecule is Cc1ccc(NC(=O)C(C)Oc2ccc(Cl)cc2C)c(C)c1. The van der Waals surface area contributed by atoms with Crippen molar-refractivity contribution in [3.8, 4) is 5.75 Å². The zero-order valence-electron chi connectivity index (χ0n) is 13.2. The van der Waals surface area contributed by atoms with Gasteiger partial charge in [0.05, 0.1) is 0 Å². The molecule has 2 rings (SSSR count). The first kappa shape index (κ1) is 16.4. The molecule has 3 nitrogen and oxygen atoms in total. The maximum absolute atomic E-state index is 12.3. The third kappa shape index (κ3) is 4.01. The standard InChI is InChI=1S/C18H20ClNO2/c1-11-5-7-16(12(2)9-11)20-18(21)14(4)22-17-8-6-15(19)10-13(17)3/h5-10,14H,1-4H3,(H,20,21). The first-order valence-corrected chi connectivity index (χ1v) is 7.55. The van der Waals surface area contributed by atoms with Gasteiger partial charge in [0.25, 0.3) is 5.91 Å². The first-order valence-electron chi connectivity index (χ1n) is 7.18. The molecule has 0 saturated heterocycles. The molecule has 0 saturated carbocycles. The van der Waals surface area contributed by atoms with Gasteiger partial charge in [0.2, 0.25) is 0 Å². The Morgan fingerprint density at radius 3 is 2.45 bits per heavy atom. The van der Waals surface area contributed by atoms with Crippen LogP contribution in [0.1, 0.15) is 23.6 Å². The molecule has 1 atom stereocenters. The maximum Gasteiger partial charge on any atom is 0.265 e. The predicted molar refractivity (Wildman–Crippen MR) is 90.8 cm³/mol. The fourth-order valence-electron chi connectivity index (χ4n) is 2.18. The van der Waals surface area contributed by atoms with Crippen molar-refractivity contribution in [2.45, 2.75) is 33.8 Å². The second-order valence-electron chi connectivity index (χ2n) is 5.48. The van der Waals surface area contributed by atoms with E-state index in [4.69, 9.17) is 16.3 Å². The maximum atomic E-state index is 12.3. The summed E-state index contributed by atoms with van der Waals surface area (Å²) in [5.74, 6) is 0.481. The molecule has 0 aliphatic rings. The number of amides is 1. The van der Waals surface area contributed by atoms with Crippen LogP contribution in [-0.4, -0.2) is 12.0 Å². The minimum atomic E-state index is -0.597. The van der Waals surface area contributed by atoms with Crippen molar-refractivity contribution in [3.63, 3.8) is 0 Å². The van der Waals surface area contributed by atoms with E-state index in [0.29, 0.717) is 10.8 Å². The van der Waals surface area contributed by atoms with E-state index >= 15 is 0 Å². The lowest BCUT2D eigenvalue weighted by molar-refractivity contribution is -0.122. The van der Waals surface area contributed by atoms with E-state index in [1.807, 2.05) is 45.0 Å². The van der Waals surface area contributed by atoms with Gasteiger partial charge in [-0.1, -0.05) is 29.3 Å². The van der Waals surface area contributed by atoms with Crippen molar-refractivity contribution < 1.29 is 9.53 Å². The van der Waals surface area contributed by atoms with E-state index in [9.17, 15) is 4.79 Å². The minimum absolute atomic E-state index is 0.179. The van der Waals surface area contributed by atoms with Crippen LogP contribution in [0, 0.1) is 20.8 Å². The van der Waals surface area contributed by atoms with Crippen LogP contribution in [0.25, 0.3) is 0 Å². The fourth-order valence-corrected chi connectivity index (χ4v) is 2.40. The Hall–Kier alpha value is -2.00. The lowest BCUT2D eigenvalue weighted by Crippen LogP contribution is -2.30. The Bertz CT molecular complexity index is 697. The van der Waals surface area contributed by atoms with Crippen molar-refractivity contribution in [1.82, 2.24) is 0 Å². The number of ether oxygens (including phenoxy) is 1. The number of aryl methyl sites for hydroxylation is 3. The van der Waals surface area contributed by atoms with Crippen molar-refractivity contribution >= 4 is 23.2 Å². The van der Waals surface area contributed by atoms with Crippen LogP contribution >= 0.6 is 11.6 Å². The third-order valence-corrected chi connectivity index (χ3v) is 3.68. The molecule has 4 heteroatoms. The Morgan fingerprint density at radius 2 is 1.82 bits per heavy atom. The van der Waals surface area contributed by atoms with Crippen molar-refractivity contribution in [2.75, 3.05) is 5.32 Å². The highest BCUT2D eigenvalue weighted by Crippen LogP contribution is 2.23. The van der Waals surface area contributed by atoms with E-state index in [1.165, 1.54) is 0 Å². The second-order valence-corrected chi connectivity index (χ2v) is 5.91. The van der Waals surface area contributed by atoms with E-state index < -0.39 is 6.10 Å². The van der Waals surface area contributed by atoms with Gasteiger partial charge in [0.1, 0.15) is 5.75 Å². The van der Waals surface area contributed by atoms with Crippen molar-refractivity contribution in [2.24, 2.45) is 0 Å². The largest absolute Gasteiger partial charge is 0.481 e. The van der Waals surface area contributed by atoms with Gasteiger partial charge < -0.3 is 10.1 Å². The van der Waals surface area contributed by atoms with Crippen molar-refractivity contribution in [3.05, 3.63) is 58.1 Å². The van der Waals surface area contributed by atoms with Crippen LogP contribution in [0.3, 0.4) is 0 Å². The van der Waals surface area contributed by atoms with E-state index in [2.05, 4.69) is 5.32 Å². The summed E-state index contributed by atoms with van der Waals surface area (Å²) in [6.07, 6.45) is -0.597. The summed E-state index contributed by atoms with van der Waals surface area (Å²) >= 11 is 5.92. The Labute approximate surface area is 136 Å². The summed E-state index contributed by atoms with van der Waals surface area (Å²) in [4.78, 5) is 12.3. The second kappa shape index (κ2) is 6.84. The molecule has 0 spiro atoms. The molecule has 2 aromatic rings. The van der Waals surface area contributed by atoms with Crippen LogP contribution in [0.4, 0.5) is 5.69 Å². The average molecular weight is 318 g/mol. The molecule has 1 N–H and O–H groups in total. The third-order valence-electron chi connectivity index (χ3n) is 3.45. The predicted octanol–water partition coefficient (Wildman–Crippen LogP) is 4.67. The molecule has 0 aliphatic heterocycles. The molecule has 0 aliphatic carbocycles. The summed E-state index contributed by atoms with van der Waals surface area (Å²) < 4.78 is 5.73. The molecule has 22 heavy (non-hydrogen) atoms. The van der Waals surface area contributed by atoms with Gasteiger partial charge in [-0.15, -0.1) is 0 Å². The number of nitrogens with one attached hydrogen (secondary N) is 1. The van der Waals surface area contributed by atoms with Crippen molar-refractivity contribution in [1.29, 1.82) is 0 Å². The molecule has 0 radical (unpaired) electrons. The van der Waals surface area contributed by atoms with Crippen LogP contribution < -0.4 is 10.1 Å². The number of benzene rings is 2. The summed E-state index contributed by atoms with van der Waals surface area (Å²) in [6.45, 7) is 7.62. The van der Waals surface area contributed by atoms with Gasteiger partial charge in [0.15, 0.2) is 6.10 Å². The van der Waals surface area contributed by atoms with Gasteiger partial charge in [-0.25, -0.2) is 0 Å². The molecule has 1 amide bonds. The van der Waals surface area contributed by atoms with Crippen LogP contribution in [0.2, 0.25) is 5.02 Å². The van der Waals surface area contributed by atoms with E-state index in [-0.39, 0.29) is 5.91 Å². The smallest absolute Gasteiger partial charge is 0.265 e. The minimum Gasteiger partial charge on any atom is -0.481 e. The fraction of sp³-hybridized carbons (Fsp3) is 0.278. The normalized spacial score (nSPS) is 11.9. The topological polar surface area (TPSA) is 38.3 Å². The number of carbonyl (C=O) groups is 1. The highest BCUT2D eigenvalue weighted by atomic mass is 35.5. The zero-order chi connectivity index (χ0) is 16.3. The average Bonchev–Trinajstić information content (AvgIpc) is 2.44. The van der Waals surface area contributed by atoms with Gasteiger partial charge >= 0.3 is 0 Å². The Morgan fingerprint density at radius 1 is 1.09 bits per heavy atom. The van der Waals surface area contributed by atoms with Gasteiger partial charge in [0, 0.05) is 10.7 Å². The summed E-state index contributed by atoms with van der Waals surface area (Å²) in [5, 5.41) is 3.55. The molecule has 0 bridgehead atoms. The monoisotopic (exact) mass is 317 g/mol. The number of halogens is 1. The lowest BCUT2D eigenvalue weighted by atomic mass is 10.1. The summed E-state index contributed by atoms with van der Waals surface area (Å²) in [6, 6.07) is 11.2. The van der Waals surface area contributed by atoms with Crippen LogP contribution in [0.15, 0.2) is 36.4 Å². The van der Waals surface area contributed by atoms with Gasteiger partial charge in [-0.2, -0.15) is 0 Å². The zero-order valence-corrected chi connectivity index (χ0v) is 14.0. The number of hydrogen-bond donors (Lipinski definition) is 1. The molecule has 0 aromatic heterocycles. The highest BCUT2D eigenvalue weighted by Gasteiger charge is 2.16.